The molecule has 8 heteroatoms. The summed E-state index contributed by atoms with van der Waals surface area (Å²) in [5, 5.41) is 11.2. The van der Waals surface area contributed by atoms with E-state index in [4.69, 9.17) is 11.6 Å². The van der Waals surface area contributed by atoms with E-state index in [-0.39, 0.29) is 0 Å². The molecule has 0 aliphatic heterocycles. The van der Waals surface area contributed by atoms with Gasteiger partial charge < -0.3 is 10.6 Å². The molecule has 3 aromatic carbocycles. The zero-order valence-corrected chi connectivity index (χ0v) is 16.6. The number of nitrogens with zero attached hydrogens (tertiary/aromatic N) is 4. The third kappa shape index (κ3) is 5.52. The number of para-hydroxylation sites is 2. The molecule has 0 bridgehead atoms. The van der Waals surface area contributed by atoms with E-state index >= 15 is 0 Å². The van der Waals surface area contributed by atoms with Gasteiger partial charge in [0.1, 0.15) is 0 Å². The maximum atomic E-state index is 5.91. The van der Waals surface area contributed by atoms with Crippen LogP contribution in [0.4, 0.5) is 29.2 Å². The summed E-state index contributed by atoms with van der Waals surface area (Å²) in [5.74, 6) is 1.07. The molecule has 4 aromatic rings. The van der Waals surface area contributed by atoms with Gasteiger partial charge in [-0.25, -0.2) is 5.43 Å². The first-order chi connectivity index (χ1) is 14.7. The SMILES string of the molecule is Clc1ccc(C=NNc2nc(Nc3ccccc3)nc(Nc3ccccc3)n2)cc1. The first kappa shape index (κ1) is 19.4. The molecule has 0 unspecified atom stereocenters. The minimum Gasteiger partial charge on any atom is -0.324 e. The van der Waals surface area contributed by atoms with Crippen molar-refractivity contribution in [1.82, 2.24) is 15.0 Å². The Balaban J connectivity index is 1.56. The highest BCUT2D eigenvalue weighted by atomic mass is 35.5. The second-order valence-electron chi connectivity index (χ2n) is 6.21. The summed E-state index contributed by atoms with van der Waals surface area (Å²) in [6, 6.07) is 26.7. The molecule has 0 aliphatic rings. The number of anilines is 5. The fourth-order valence-electron chi connectivity index (χ4n) is 2.55. The fourth-order valence-corrected chi connectivity index (χ4v) is 2.68. The molecule has 1 aromatic heterocycles. The van der Waals surface area contributed by atoms with Crippen LogP contribution >= 0.6 is 11.6 Å². The number of hydrogen-bond acceptors (Lipinski definition) is 7. The lowest BCUT2D eigenvalue weighted by atomic mass is 10.2. The summed E-state index contributed by atoms with van der Waals surface area (Å²) in [6.07, 6.45) is 1.66. The summed E-state index contributed by atoms with van der Waals surface area (Å²) < 4.78 is 0. The van der Waals surface area contributed by atoms with Crippen LogP contribution in [0.3, 0.4) is 0 Å². The average Bonchev–Trinajstić information content (AvgIpc) is 2.76. The van der Waals surface area contributed by atoms with E-state index in [1.165, 1.54) is 0 Å². The van der Waals surface area contributed by atoms with Gasteiger partial charge in [0.15, 0.2) is 0 Å². The van der Waals surface area contributed by atoms with Crippen LogP contribution in [0.25, 0.3) is 0 Å². The van der Waals surface area contributed by atoms with E-state index in [1.807, 2.05) is 72.8 Å². The normalized spacial score (nSPS) is 10.7. The van der Waals surface area contributed by atoms with E-state index < -0.39 is 0 Å². The van der Waals surface area contributed by atoms with Gasteiger partial charge >= 0.3 is 0 Å². The van der Waals surface area contributed by atoms with Crippen LogP contribution in [0, 0.1) is 0 Å². The standard InChI is InChI=1S/C22H18ClN7/c23-17-13-11-16(12-14-17)15-24-30-22-28-20(25-18-7-3-1-4-8-18)27-21(29-22)26-19-9-5-2-6-10-19/h1-15H,(H3,25,26,27,28,29,30). The molecular formula is C22H18ClN7. The van der Waals surface area contributed by atoms with Gasteiger partial charge in [-0.15, -0.1) is 0 Å². The third-order valence-corrected chi connectivity index (χ3v) is 4.20. The predicted molar refractivity (Wildman–Crippen MR) is 122 cm³/mol. The first-order valence-corrected chi connectivity index (χ1v) is 9.57. The van der Waals surface area contributed by atoms with Gasteiger partial charge in [0, 0.05) is 16.4 Å². The van der Waals surface area contributed by atoms with Crippen LogP contribution in [0.1, 0.15) is 5.56 Å². The summed E-state index contributed by atoms with van der Waals surface area (Å²) >= 11 is 5.91. The molecule has 0 aliphatic carbocycles. The molecule has 3 N–H and O–H groups in total. The number of rotatable bonds is 7. The van der Waals surface area contributed by atoms with E-state index in [0.29, 0.717) is 22.9 Å². The molecule has 0 saturated carbocycles. The monoisotopic (exact) mass is 415 g/mol. The quantitative estimate of drug-likeness (QED) is 0.274. The molecule has 0 fully saturated rings. The van der Waals surface area contributed by atoms with Crippen molar-refractivity contribution in [1.29, 1.82) is 0 Å². The molecular weight excluding hydrogens is 398 g/mol. The van der Waals surface area contributed by atoms with Gasteiger partial charge in [-0.1, -0.05) is 60.1 Å². The number of benzene rings is 3. The Labute approximate surface area is 178 Å². The number of nitrogens with one attached hydrogen (secondary N) is 3. The topological polar surface area (TPSA) is 87.1 Å². The summed E-state index contributed by atoms with van der Waals surface area (Å²) in [7, 11) is 0. The fraction of sp³-hybridized carbons (Fsp3) is 0. The van der Waals surface area contributed by atoms with Crippen molar-refractivity contribution in [2.24, 2.45) is 5.10 Å². The van der Waals surface area contributed by atoms with E-state index in [0.717, 1.165) is 16.9 Å². The lowest BCUT2D eigenvalue weighted by Gasteiger charge is -2.10. The van der Waals surface area contributed by atoms with Gasteiger partial charge in [0.05, 0.1) is 6.21 Å². The Kier molecular flexibility index (Phi) is 6.12. The molecule has 0 amide bonds. The highest BCUT2D eigenvalue weighted by Crippen LogP contribution is 2.18. The molecule has 0 spiro atoms. The van der Waals surface area contributed by atoms with Crippen molar-refractivity contribution in [3.05, 3.63) is 95.5 Å². The molecule has 0 radical (unpaired) electrons. The third-order valence-electron chi connectivity index (χ3n) is 3.94. The molecule has 4 rings (SSSR count). The van der Waals surface area contributed by atoms with Gasteiger partial charge in [-0.3, -0.25) is 0 Å². The first-order valence-electron chi connectivity index (χ1n) is 9.19. The number of hydrogen-bond donors (Lipinski definition) is 3. The maximum Gasteiger partial charge on any atom is 0.250 e. The van der Waals surface area contributed by atoms with Crippen molar-refractivity contribution in [2.75, 3.05) is 16.1 Å². The Bertz CT molecular complexity index is 1060. The minimum atomic E-state index is 0.298. The number of aromatic nitrogens is 3. The van der Waals surface area contributed by atoms with E-state index in [1.54, 1.807) is 18.3 Å². The smallest absolute Gasteiger partial charge is 0.250 e. The maximum absolute atomic E-state index is 5.91. The molecule has 1 heterocycles. The van der Waals surface area contributed by atoms with Crippen LogP contribution in [0.2, 0.25) is 5.02 Å². The van der Waals surface area contributed by atoms with Crippen LogP contribution in [0.5, 0.6) is 0 Å². The van der Waals surface area contributed by atoms with Gasteiger partial charge in [0.25, 0.3) is 0 Å². The highest BCUT2D eigenvalue weighted by Gasteiger charge is 2.07. The zero-order chi connectivity index (χ0) is 20.6. The summed E-state index contributed by atoms with van der Waals surface area (Å²) in [6.45, 7) is 0. The molecule has 0 atom stereocenters. The largest absolute Gasteiger partial charge is 0.324 e. The molecule has 7 nitrogen and oxygen atoms in total. The lowest BCUT2D eigenvalue weighted by Crippen LogP contribution is -2.07. The minimum absolute atomic E-state index is 0.298. The van der Waals surface area contributed by atoms with Gasteiger partial charge in [0.2, 0.25) is 17.8 Å². The second kappa shape index (κ2) is 9.49. The van der Waals surface area contributed by atoms with Gasteiger partial charge in [-0.2, -0.15) is 20.1 Å². The van der Waals surface area contributed by atoms with E-state index in [9.17, 15) is 0 Å². The van der Waals surface area contributed by atoms with Crippen molar-refractivity contribution in [3.63, 3.8) is 0 Å². The summed E-state index contributed by atoms with van der Waals surface area (Å²) in [5.41, 5.74) is 5.48. The van der Waals surface area contributed by atoms with Crippen LogP contribution in [0.15, 0.2) is 90.0 Å². The molecule has 0 saturated heterocycles. The van der Waals surface area contributed by atoms with Crippen molar-refractivity contribution in [3.8, 4) is 0 Å². The van der Waals surface area contributed by atoms with Gasteiger partial charge in [-0.05, 0) is 42.0 Å². The Morgan fingerprint density at radius 1 is 0.633 bits per heavy atom. The second-order valence-corrected chi connectivity index (χ2v) is 6.65. The van der Waals surface area contributed by atoms with Crippen LogP contribution in [-0.2, 0) is 0 Å². The van der Waals surface area contributed by atoms with Crippen molar-refractivity contribution < 1.29 is 0 Å². The van der Waals surface area contributed by atoms with Crippen molar-refractivity contribution >= 4 is 47.0 Å². The molecule has 148 valence electrons. The van der Waals surface area contributed by atoms with Crippen molar-refractivity contribution in [2.45, 2.75) is 0 Å². The Morgan fingerprint density at radius 3 is 1.67 bits per heavy atom. The van der Waals surface area contributed by atoms with E-state index in [2.05, 4.69) is 36.1 Å². The highest BCUT2D eigenvalue weighted by molar-refractivity contribution is 6.30. The van der Waals surface area contributed by atoms with Crippen LogP contribution in [-0.4, -0.2) is 21.2 Å². The summed E-state index contributed by atoms with van der Waals surface area (Å²) in [4.78, 5) is 13.2. The lowest BCUT2D eigenvalue weighted by molar-refractivity contribution is 1.04. The number of hydrazone groups is 1. The van der Waals surface area contributed by atoms with Crippen LogP contribution < -0.4 is 16.1 Å². The average molecular weight is 416 g/mol. The molecule has 30 heavy (non-hydrogen) atoms. The Morgan fingerprint density at radius 2 is 1.13 bits per heavy atom. The zero-order valence-electron chi connectivity index (χ0n) is 15.8. The number of halogens is 1. The Hall–Kier alpha value is -3.97. The predicted octanol–water partition coefficient (Wildman–Crippen LogP) is 5.46.